The van der Waals surface area contributed by atoms with Gasteiger partial charge in [-0.1, -0.05) is 11.6 Å². The Morgan fingerprint density at radius 3 is 2.52 bits per heavy atom. The Balaban J connectivity index is 1.98. The lowest BCUT2D eigenvalue weighted by molar-refractivity contribution is -0.141. The number of carbonyl (C=O) groups is 1. The molecule has 0 unspecified atom stereocenters. The monoisotopic (exact) mass is 314 g/mol. The minimum Gasteiger partial charge on any atom is -0.392 e. The first-order valence-corrected chi connectivity index (χ1v) is 7.59. The van der Waals surface area contributed by atoms with E-state index < -0.39 is 5.54 Å². The van der Waals surface area contributed by atoms with E-state index >= 15 is 0 Å². The lowest BCUT2D eigenvalue weighted by Crippen LogP contribution is -2.55. The Hall–Kier alpha value is -1.11. The summed E-state index contributed by atoms with van der Waals surface area (Å²) in [4.78, 5) is 16.7. The molecule has 1 amide bonds. The molecule has 0 bridgehead atoms. The molecular weight excluding hydrogens is 292 g/mol. The smallest absolute Gasteiger partial charge is 0.250 e. The molecule has 1 aromatic rings. The lowest BCUT2D eigenvalue weighted by atomic mass is 10.0. The summed E-state index contributed by atoms with van der Waals surface area (Å²) < 4.78 is 1.61. The second-order valence-corrected chi connectivity index (χ2v) is 6.54. The molecule has 1 aromatic heterocycles. The highest BCUT2D eigenvalue weighted by atomic mass is 35.5. The Morgan fingerprint density at radius 1 is 1.43 bits per heavy atom. The van der Waals surface area contributed by atoms with Crippen LogP contribution in [-0.4, -0.2) is 69.4 Å². The molecule has 7 heteroatoms. The molecule has 21 heavy (non-hydrogen) atoms. The maximum Gasteiger partial charge on any atom is 0.250 e. The van der Waals surface area contributed by atoms with Gasteiger partial charge in [0.2, 0.25) is 5.91 Å². The quantitative estimate of drug-likeness (QED) is 0.893. The zero-order valence-electron chi connectivity index (χ0n) is 12.8. The van der Waals surface area contributed by atoms with Crippen molar-refractivity contribution >= 4 is 17.5 Å². The van der Waals surface area contributed by atoms with Gasteiger partial charge in [0, 0.05) is 38.9 Å². The Bertz CT molecular complexity index is 493. The predicted molar refractivity (Wildman–Crippen MR) is 81.3 cm³/mol. The predicted octanol–water partition coefficient (Wildman–Crippen LogP) is 0.797. The first kappa shape index (κ1) is 16.3. The van der Waals surface area contributed by atoms with Gasteiger partial charge in [0.25, 0.3) is 0 Å². The maximum atomic E-state index is 12.7. The van der Waals surface area contributed by atoms with Crippen molar-refractivity contribution in [3.8, 4) is 0 Å². The summed E-state index contributed by atoms with van der Waals surface area (Å²) in [6.45, 7) is 9.04. The van der Waals surface area contributed by atoms with Crippen LogP contribution >= 0.6 is 11.6 Å². The first-order valence-electron chi connectivity index (χ1n) is 7.21. The summed E-state index contributed by atoms with van der Waals surface area (Å²) in [5, 5.41) is 14.1. The summed E-state index contributed by atoms with van der Waals surface area (Å²) in [7, 11) is 0. The fourth-order valence-electron chi connectivity index (χ4n) is 2.60. The molecule has 2 heterocycles. The molecule has 1 aliphatic rings. The molecule has 118 valence electrons. The normalized spacial score (nSPS) is 18.8. The molecule has 0 radical (unpaired) electrons. The molecule has 1 atom stereocenters. The molecule has 0 aliphatic carbocycles. The van der Waals surface area contributed by atoms with Gasteiger partial charge >= 0.3 is 0 Å². The average molecular weight is 315 g/mol. The van der Waals surface area contributed by atoms with Gasteiger partial charge < -0.3 is 10.0 Å². The highest BCUT2D eigenvalue weighted by Crippen LogP contribution is 2.21. The summed E-state index contributed by atoms with van der Waals surface area (Å²) in [6.07, 6.45) is 2.87. The van der Waals surface area contributed by atoms with Crippen LogP contribution in [0.25, 0.3) is 0 Å². The van der Waals surface area contributed by atoms with Crippen molar-refractivity contribution in [3.63, 3.8) is 0 Å². The van der Waals surface area contributed by atoms with Crippen LogP contribution in [0.2, 0.25) is 5.02 Å². The first-order chi connectivity index (χ1) is 9.80. The fourth-order valence-corrected chi connectivity index (χ4v) is 2.73. The van der Waals surface area contributed by atoms with E-state index in [9.17, 15) is 9.90 Å². The highest BCUT2D eigenvalue weighted by molar-refractivity contribution is 6.30. The van der Waals surface area contributed by atoms with E-state index in [4.69, 9.17) is 11.6 Å². The van der Waals surface area contributed by atoms with Crippen LogP contribution in [0.1, 0.15) is 20.8 Å². The summed E-state index contributed by atoms with van der Waals surface area (Å²) >= 11 is 5.89. The van der Waals surface area contributed by atoms with Crippen molar-refractivity contribution in [1.29, 1.82) is 0 Å². The molecule has 1 N–H and O–H groups in total. The number of aliphatic hydroxyl groups is 1. The standard InChI is InChI=1S/C14H23ClN4O2/c1-11(20)9-17-4-6-18(7-5-17)13(21)14(2,3)19-10-12(15)8-16-19/h8,10-11,20H,4-7,9H2,1-3H3/t11-/m1/s1. The number of hydrogen-bond donors (Lipinski definition) is 1. The number of aromatic nitrogens is 2. The van der Waals surface area contributed by atoms with Crippen molar-refractivity contribution in [3.05, 3.63) is 17.4 Å². The van der Waals surface area contributed by atoms with Gasteiger partial charge in [0.1, 0.15) is 5.54 Å². The van der Waals surface area contributed by atoms with Crippen LogP contribution in [0, 0.1) is 0 Å². The van der Waals surface area contributed by atoms with Gasteiger partial charge in [-0.05, 0) is 20.8 Å². The fraction of sp³-hybridized carbons (Fsp3) is 0.714. The number of nitrogens with zero attached hydrogens (tertiary/aromatic N) is 4. The second kappa shape index (κ2) is 6.34. The molecule has 6 nitrogen and oxygen atoms in total. The van der Waals surface area contributed by atoms with Crippen LogP contribution in [0.3, 0.4) is 0 Å². The Morgan fingerprint density at radius 2 is 2.05 bits per heavy atom. The number of piperazine rings is 1. The number of amides is 1. The van der Waals surface area contributed by atoms with E-state index in [-0.39, 0.29) is 12.0 Å². The van der Waals surface area contributed by atoms with E-state index in [1.54, 1.807) is 17.8 Å². The molecule has 0 spiro atoms. The van der Waals surface area contributed by atoms with E-state index in [2.05, 4.69) is 10.00 Å². The zero-order chi connectivity index (χ0) is 15.6. The molecule has 1 saturated heterocycles. The number of aliphatic hydroxyl groups excluding tert-OH is 1. The average Bonchev–Trinajstić information content (AvgIpc) is 2.85. The van der Waals surface area contributed by atoms with Gasteiger partial charge in [0.05, 0.1) is 17.3 Å². The largest absolute Gasteiger partial charge is 0.392 e. The maximum absolute atomic E-state index is 12.7. The molecule has 2 rings (SSSR count). The minimum atomic E-state index is -0.750. The Kier molecular flexibility index (Phi) is 4.91. The molecule has 0 saturated carbocycles. The van der Waals surface area contributed by atoms with Crippen molar-refractivity contribution < 1.29 is 9.90 Å². The van der Waals surface area contributed by atoms with Gasteiger partial charge in [0.15, 0.2) is 0 Å². The van der Waals surface area contributed by atoms with E-state index in [0.717, 1.165) is 13.1 Å². The lowest BCUT2D eigenvalue weighted by Gasteiger charge is -2.38. The van der Waals surface area contributed by atoms with E-state index in [0.29, 0.717) is 24.7 Å². The highest BCUT2D eigenvalue weighted by Gasteiger charge is 2.36. The molecular formula is C14H23ClN4O2. The summed E-state index contributed by atoms with van der Waals surface area (Å²) in [5.74, 6) is 0.0407. The zero-order valence-corrected chi connectivity index (χ0v) is 13.5. The third-order valence-electron chi connectivity index (χ3n) is 3.83. The number of β-amino-alcohol motifs (C(OH)–C–C–N with tert-alkyl or cyclic N) is 1. The third kappa shape index (κ3) is 3.75. The summed E-state index contributed by atoms with van der Waals surface area (Å²) in [5.41, 5.74) is -0.750. The van der Waals surface area contributed by atoms with Gasteiger partial charge in [-0.3, -0.25) is 14.4 Å². The number of rotatable bonds is 4. The van der Waals surface area contributed by atoms with Crippen molar-refractivity contribution in [1.82, 2.24) is 19.6 Å². The van der Waals surface area contributed by atoms with Crippen LogP contribution in [0.5, 0.6) is 0 Å². The van der Waals surface area contributed by atoms with Crippen molar-refractivity contribution in [2.75, 3.05) is 32.7 Å². The molecule has 1 aliphatic heterocycles. The van der Waals surface area contributed by atoms with Crippen LogP contribution < -0.4 is 0 Å². The molecule has 0 aromatic carbocycles. The third-order valence-corrected chi connectivity index (χ3v) is 4.02. The SMILES string of the molecule is C[C@@H](O)CN1CCN(C(=O)C(C)(C)n2cc(Cl)cn2)CC1. The number of carbonyl (C=O) groups excluding carboxylic acids is 1. The van der Waals surface area contributed by atoms with Gasteiger partial charge in [-0.15, -0.1) is 0 Å². The van der Waals surface area contributed by atoms with Crippen molar-refractivity contribution in [2.45, 2.75) is 32.4 Å². The minimum absolute atomic E-state index is 0.0407. The van der Waals surface area contributed by atoms with Crippen LogP contribution in [-0.2, 0) is 10.3 Å². The van der Waals surface area contributed by atoms with Crippen LogP contribution in [0.4, 0.5) is 0 Å². The number of hydrogen-bond acceptors (Lipinski definition) is 4. The van der Waals surface area contributed by atoms with Crippen molar-refractivity contribution in [2.24, 2.45) is 0 Å². The summed E-state index contributed by atoms with van der Waals surface area (Å²) in [6, 6.07) is 0. The molecule has 1 fully saturated rings. The topological polar surface area (TPSA) is 61.6 Å². The van der Waals surface area contributed by atoms with E-state index in [1.807, 2.05) is 18.7 Å². The van der Waals surface area contributed by atoms with Gasteiger partial charge in [-0.25, -0.2) is 0 Å². The number of halogens is 1. The van der Waals surface area contributed by atoms with Gasteiger partial charge in [-0.2, -0.15) is 5.10 Å². The van der Waals surface area contributed by atoms with E-state index in [1.165, 1.54) is 6.20 Å². The van der Waals surface area contributed by atoms with Crippen LogP contribution in [0.15, 0.2) is 12.4 Å². The Labute approximate surface area is 130 Å². The second-order valence-electron chi connectivity index (χ2n) is 6.10.